The molecular formula is C13H26N2O3. The van der Waals surface area contributed by atoms with Gasteiger partial charge in [0.1, 0.15) is 0 Å². The van der Waals surface area contributed by atoms with Gasteiger partial charge in [-0.25, -0.2) is 0 Å². The number of carbonyl (C=O) groups is 1. The summed E-state index contributed by atoms with van der Waals surface area (Å²) < 4.78 is 10.2. The van der Waals surface area contributed by atoms with Crippen LogP contribution in [0.4, 0.5) is 0 Å². The molecule has 5 nitrogen and oxygen atoms in total. The number of carbonyl (C=O) groups excluding carboxylic acids is 1. The fourth-order valence-corrected chi connectivity index (χ4v) is 1.79. The maximum absolute atomic E-state index is 11.6. The molecule has 1 N–H and O–H groups in total. The van der Waals surface area contributed by atoms with Crippen LogP contribution in [0, 0.1) is 5.92 Å². The van der Waals surface area contributed by atoms with E-state index in [-0.39, 0.29) is 11.8 Å². The molecule has 0 aliphatic carbocycles. The maximum Gasteiger partial charge on any atom is 0.225 e. The highest BCUT2D eigenvalue weighted by atomic mass is 16.5. The van der Waals surface area contributed by atoms with Crippen molar-refractivity contribution in [1.29, 1.82) is 0 Å². The van der Waals surface area contributed by atoms with Crippen LogP contribution in [-0.2, 0) is 14.3 Å². The van der Waals surface area contributed by atoms with Crippen LogP contribution in [0.5, 0.6) is 0 Å². The van der Waals surface area contributed by atoms with E-state index < -0.39 is 0 Å². The van der Waals surface area contributed by atoms with Gasteiger partial charge < -0.3 is 19.7 Å². The van der Waals surface area contributed by atoms with Crippen molar-refractivity contribution in [2.45, 2.75) is 20.3 Å². The zero-order valence-electron chi connectivity index (χ0n) is 11.6. The van der Waals surface area contributed by atoms with Crippen LogP contribution in [0.25, 0.3) is 0 Å². The van der Waals surface area contributed by atoms with Gasteiger partial charge in [-0.05, 0) is 6.42 Å². The average molecular weight is 258 g/mol. The number of morpholine rings is 2. The second kappa shape index (κ2) is 9.30. The zero-order valence-corrected chi connectivity index (χ0v) is 11.6. The van der Waals surface area contributed by atoms with E-state index in [2.05, 4.69) is 5.32 Å². The summed E-state index contributed by atoms with van der Waals surface area (Å²) in [5.74, 6) is 0.448. The van der Waals surface area contributed by atoms with Crippen molar-refractivity contribution in [2.75, 3.05) is 52.6 Å². The Hall–Kier alpha value is -0.650. The van der Waals surface area contributed by atoms with Gasteiger partial charge in [0.2, 0.25) is 5.91 Å². The number of rotatable bonds is 2. The van der Waals surface area contributed by atoms with E-state index in [4.69, 9.17) is 9.47 Å². The lowest BCUT2D eigenvalue weighted by molar-refractivity contribution is -0.139. The Labute approximate surface area is 110 Å². The van der Waals surface area contributed by atoms with E-state index in [0.29, 0.717) is 13.2 Å². The van der Waals surface area contributed by atoms with Gasteiger partial charge in [-0.15, -0.1) is 0 Å². The minimum absolute atomic E-state index is 0.170. The molecule has 0 aromatic heterocycles. The van der Waals surface area contributed by atoms with Gasteiger partial charge in [0.05, 0.1) is 26.4 Å². The number of hydrogen-bond acceptors (Lipinski definition) is 4. The molecule has 2 aliphatic rings. The van der Waals surface area contributed by atoms with Crippen LogP contribution in [-0.4, -0.2) is 63.4 Å². The van der Waals surface area contributed by atoms with Crippen molar-refractivity contribution in [1.82, 2.24) is 10.2 Å². The Kier molecular flexibility index (Phi) is 7.96. The lowest BCUT2D eigenvalue weighted by Crippen LogP contribution is -2.43. The Morgan fingerprint density at radius 1 is 1.17 bits per heavy atom. The number of nitrogens with zero attached hydrogens (tertiary/aromatic N) is 1. The van der Waals surface area contributed by atoms with Crippen LogP contribution in [0.15, 0.2) is 0 Å². The highest BCUT2D eigenvalue weighted by Crippen LogP contribution is 2.08. The largest absolute Gasteiger partial charge is 0.379 e. The minimum atomic E-state index is 0.170. The first-order valence-electron chi connectivity index (χ1n) is 6.90. The number of ether oxygens (including phenoxy) is 2. The summed E-state index contributed by atoms with van der Waals surface area (Å²) in [6.07, 6.45) is 0.927. The first kappa shape index (κ1) is 15.4. The summed E-state index contributed by atoms with van der Waals surface area (Å²) in [6, 6.07) is 0. The molecule has 0 aromatic carbocycles. The average Bonchev–Trinajstić information content (AvgIpc) is 2.49. The molecule has 2 fully saturated rings. The maximum atomic E-state index is 11.6. The van der Waals surface area contributed by atoms with Crippen LogP contribution in [0.3, 0.4) is 0 Å². The first-order valence-corrected chi connectivity index (χ1v) is 6.90. The van der Waals surface area contributed by atoms with E-state index in [1.165, 1.54) is 0 Å². The van der Waals surface area contributed by atoms with Gasteiger partial charge in [-0.2, -0.15) is 0 Å². The lowest BCUT2D eigenvalue weighted by Gasteiger charge is -2.28. The highest BCUT2D eigenvalue weighted by molar-refractivity contribution is 5.78. The molecule has 18 heavy (non-hydrogen) atoms. The molecule has 1 atom stereocenters. The van der Waals surface area contributed by atoms with Gasteiger partial charge >= 0.3 is 0 Å². The van der Waals surface area contributed by atoms with Crippen LogP contribution >= 0.6 is 0 Å². The van der Waals surface area contributed by atoms with Crippen molar-refractivity contribution >= 4 is 5.91 Å². The summed E-state index contributed by atoms with van der Waals surface area (Å²) in [5, 5.41) is 3.16. The second-order valence-corrected chi connectivity index (χ2v) is 4.61. The first-order chi connectivity index (χ1) is 8.75. The van der Waals surface area contributed by atoms with E-state index in [1.807, 2.05) is 18.7 Å². The van der Waals surface area contributed by atoms with Gasteiger partial charge in [0, 0.05) is 32.1 Å². The van der Waals surface area contributed by atoms with Crippen molar-refractivity contribution < 1.29 is 14.3 Å². The second-order valence-electron chi connectivity index (χ2n) is 4.61. The predicted molar refractivity (Wildman–Crippen MR) is 70.5 cm³/mol. The Balaban J connectivity index is 0.000000225. The van der Waals surface area contributed by atoms with E-state index >= 15 is 0 Å². The summed E-state index contributed by atoms with van der Waals surface area (Å²) >= 11 is 0. The van der Waals surface area contributed by atoms with Crippen LogP contribution in [0.1, 0.15) is 20.3 Å². The third-order valence-corrected chi connectivity index (χ3v) is 3.20. The molecule has 0 radical (unpaired) electrons. The van der Waals surface area contributed by atoms with Crippen molar-refractivity contribution in [3.63, 3.8) is 0 Å². The molecule has 2 saturated heterocycles. The fourth-order valence-electron chi connectivity index (χ4n) is 1.79. The van der Waals surface area contributed by atoms with Crippen LogP contribution < -0.4 is 5.32 Å². The normalized spacial score (nSPS) is 21.8. The zero-order chi connectivity index (χ0) is 13.2. The van der Waals surface area contributed by atoms with Gasteiger partial charge in [0.25, 0.3) is 0 Å². The molecule has 0 spiro atoms. The Bertz CT molecular complexity index is 215. The minimum Gasteiger partial charge on any atom is -0.379 e. The van der Waals surface area contributed by atoms with Gasteiger partial charge in [0.15, 0.2) is 0 Å². The quantitative estimate of drug-likeness (QED) is 0.783. The monoisotopic (exact) mass is 258 g/mol. The summed E-state index contributed by atoms with van der Waals surface area (Å²) in [5.41, 5.74) is 0. The van der Waals surface area contributed by atoms with E-state index in [1.54, 1.807) is 0 Å². The molecule has 2 aliphatic heterocycles. The summed E-state index contributed by atoms with van der Waals surface area (Å²) in [6.45, 7) is 10.8. The molecule has 2 rings (SSSR count). The molecule has 5 heteroatoms. The molecule has 2 heterocycles. The number of amides is 1. The summed E-state index contributed by atoms with van der Waals surface area (Å²) in [7, 11) is 0. The Morgan fingerprint density at radius 3 is 2.11 bits per heavy atom. The molecule has 0 aromatic rings. The van der Waals surface area contributed by atoms with Gasteiger partial charge in [-0.1, -0.05) is 13.8 Å². The standard InChI is InChI=1S/C9H17NO2.C4H9NO/c1-3-8(2)9(11)10-4-6-12-7-5-10;1-3-6-4-2-5-1/h8H,3-7H2,1-2H3;5H,1-4H2/t8-;/m1./s1. The molecular weight excluding hydrogens is 232 g/mol. The topological polar surface area (TPSA) is 50.8 Å². The highest BCUT2D eigenvalue weighted by Gasteiger charge is 2.20. The van der Waals surface area contributed by atoms with Crippen molar-refractivity contribution in [2.24, 2.45) is 5.92 Å². The SMILES string of the molecule is C1COCCN1.CC[C@@H](C)C(=O)N1CCOCC1. The molecule has 0 unspecified atom stereocenters. The lowest BCUT2D eigenvalue weighted by atomic mass is 10.1. The smallest absolute Gasteiger partial charge is 0.225 e. The molecule has 1 amide bonds. The number of hydrogen-bond donors (Lipinski definition) is 1. The third kappa shape index (κ3) is 5.80. The molecule has 0 saturated carbocycles. The Morgan fingerprint density at radius 2 is 1.72 bits per heavy atom. The molecule has 106 valence electrons. The van der Waals surface area contributed by atoms with Gasteiger partial charge in [-0.3, -0.25) is 4.79 Å². The van der Waals surface area contributed by atoms with E-state index in [0.717, 1.165) is 45.8 Å². The van der Waals surface area contributed by atoms with Crippen LogP contribution in [0.2, 0.25) is 0 Å². The molecule has 0 bridgehead atoms. The fraction of sp³-hybridized carbons (Fsp3) is 0.923. The van der Waals surface area contributed by atoms with Crippen molar-refractivity contribution in [3.05, 3.63) is 0 Å². The summed E-state index contributed by atoms with van der Waals surface area (Å²) in [4.78, 5) is 13.5. The third-order valence-electron chi connectivity index (χ3n) is 3.20. The number of nitrogens with one attached hydrogen (secondary N) is 1. The predicted octanol–water partition coefficient (Wildman–Crippen LogP) is 0.498. The van der Waals surface area contributed by atoms with Crippen molar-refractivity contribution in [3.8, 4) is 0 Å². The van der Waals surface area contributed by atoms with E-state index in [9.17, 15) is 4.79 Å².